The summed E-state index contributed by atoms with van der Waals surface area (Å²) in [6, 6.07) is 40.5. The molecule has 0 spiro atoms. The molecule has 5 nitrogen and oxygen atoms in total. The van der Waals surface area contributed by atoms with Gasteiger partial charge in [0.1, 0.15) is 11.2 Å². The van der Waals surface area contributed by atoms with Crippen molar-refractivity contribution in [3.8, 4) is 28.6 Å². The minimum absolute atomic E-state index is 0. The monoisotopic (exact) mass is 832 g/mol. The molecule has 6 heteroatoms. The van der Waals surface area contributed by atoms with Gasteiger partial charge in [-0.15, -0.1) is 11.6 Å². The molecule has 9 aromatic rings. The molecule has 0 saturated carbocycles. The van der Waals surface area contributed by atoms with Gasteiger partial charge in [-0.25, -0.2) is 0 Å². The van der Waals surface area contributed by atoms with E-state index < -0.39 is 0 Å². The van der Waals surface area contributed by atoms with Crippen LogP contribution in [-0.4, -0.2) is 14.5 Å². The predicted octanol–water partition coefficient (Wildman–Crippen LogP) is 11.7. The predicted molar refractivity (Wildman–Crippen MR) is 199 cm³/mol. The van der Waals surface area contributed by atoms with E-state index in [0.717, 1.165) is 66.0 Å². The van der Waals surface area contributed by atoms with Crippen LogP contribution in [0.4, 0.5) is 0 Å². The summed E-state index contributed by atoms with van der Waals surface area (Å²) < 4.78 is 15.5. The molecule has 5 aromatic carbocycles. The molecule has 0 aliphatic rings. The molecule has 4 aromatic heterocycles. The Hall–Kier alpha value is -4.99. The fourth-order valence-corrected chi connectivity index (χ4v) is 7.02. The van der Waals surface area contributed by atoms with Crippen molar-refractivity contribution in [3.05, 3.63) is 127 Å². The SMILES string of the molecule is CC(C)(C)c1cc[c-]c(-n2c3ccccc3c3ccc(Oc4[c-]c(-c5cc(C(C)(C)C)ccn5)c5ccc6cccc7oc4c5c67)nc32)c1.[Pt+2]. The minimum atomic E-state index is -0.0364. The van der Waals surface area contributed by atoms with Gasteiger partial charge >= 0.3 is 21.1 Å². The first-order valence-electron chi connectivity index (χ1n) is 16.7. The van der Waals surface area contributed by atoms with E-state index in [9.17, 15) is 0 Å². The number of fused-ring (bicyclic) bond motifs is 3. The minimum Gasteiger partial charge on any atom is -0.497 e. The quantitative estimate of drug-likeness (QED) is 0.131. The molecule has 0 saturated heterocycles. The van der Waals surface area contributed by atoms with Gasteiger partial charge in [0.25, 0.3) is 0 Å². The number of pyridine rings is 2. The normalized spacial score (nSPS) is 12.4. The molecular formula is C44H35N3O2Pt. The number of benzene rings is 5. The number of hydrogen-bond acceptors (Lipinski definition) is 4. The van der Waals surface area contributed by atoms with Crippen molar-refractivity contribution in [2.75, 3.05) is 0 Å². The zero-order valence-corrected chi connectivity index (χ0v) is 31.1. The van der Waals surface area contributed by atoms with Crippen LogP contribution in [0.2, 0.25) is 0 Å². The Balaban J connectivity index is 0.00000361. The van der Waals surface area contributed by atoms with E-state index in [1.165, 1.54) is 11.1 Å². The van der Waals surface area contributed by atoms with Crippen molar-refractivity contribution >= 4 is 54.6 Å². The number of rotatable bonds is 4. The molecule has 0 aliphatic carbocycles. The molecule has 50 heavy (non-hydrogen) atoms. The van der Waals surface area contributed by atoms with Crippen LogP contribution in [0, 0.1) is 12.1 Å². The third kappa shape index (κ3) is 5.10. The third-order valence-corrected chi connectivity index (χ3v) is 9.64. The molecule has 0 fully saturated rings. The summed E-state index contributed by atoms with van der Waals surface area (Å²) in [4.78, 5) is 10.0. The van der Waals surface area contributed by atoms with Crippen LogP contribution in [0.3, 0.4) is 0 Å². The molecule has 0 unspecified atom stereocenters. The van der Waals surface area contributed by atoms with E-state index in [2.05, 4.69) is 131 Å². The third-order valence-electron chi connectivity index (χ3n) is 9.64. The van der Waals surface area contributed by atoms with E-state index in [0.29, 0.717) is 17.2 Å². The molecular weight excluding hydrogens is 798 g/mol. The van der Waals surface area contributed by atoms with E-state index >= 15 is 0 Å². The maximum Gasteiger partial charge on any atom is 2.00 e. The van der Waals surface area contributed by atoms with Crippen molar-refractivity contribution in [2.45, 2.75) is 52.4 Å². The van der Waals surface area contributed by atoms with Crippen LogP contribution in [0.15, 0.2) is 108 Å². The molecule has 0 radical (unpaired) electrons. The number of furan rings is 1. The van der Waals surface area contributed by atoms with E-state index in [1.807, 2.05) is 30.5 Å². The Morgan fingerprint density at radius 1 is 0.740 bits per heavy atom. The van der Waals surface area contributed by atoms with Crippen molar-refractivity contribution < 1.29 is 30.2 Å². The Morgan fingerprint density at radius 3 is 2.34 bits per heavy atom. The number of ether oxygens (including phenoxy) is 1. The van der Waals surface area contributed by atoms with Gasteiger partial charge < -0.3 is 18.7 Å². The summed E-state index contributed by atoms with van der Waals surface area (Å²) in [5.74, 6) is 0.925. The van der Waals surface area contributed by atoms with Gasteiger partial charge in [-0.2, -0.15) is 28.7 Å². The first-order valence-corrected chi connectivity index (χ1v) is 16.7. The summed E-state index contributed by atoms with van der Waals surface area (Å²) in [5, 5.41) is 6.37. The Morgan fingerprint density at radius 2 is 1.52 bits per heavy atom. The smallest absolute Gasteiger partial charge is 0.497 e. The maximum atomic E-state index is 6.74. The average Bonchev–Trinajstić information content (AvgIpc) is 3.64. The van der Waals surface area contributed by atoms with Crippen LogP contribution >= 0.6 is 0 Å². The van der Waals surface area contributed by atoms with Crippen LogP contribution in [0.25, 0.3) is 71.6 Å². The van der Waals surface area contributed by atoms with Gasteiger partial charge in [0.15, 0.2) is 0 Å². The van der Waals surface area contributed by atoms with E-state index in [4.69, 9.17) is 19.1 Å². The molecule has 4 heterocycles. The second kappa shape index (κ2) is 11.5. The number of para-hydroxylation sites is 1. The Bertz CT molecular complexity index is 2720. The summed E-state index contributed by atoms with van der Waals surface area (Å²) in [7, 11) is 0. The second-order valence-electron chi connectivity index (χ2n) is 15.0. The van der Waals surface area contributed by atoms with Crippen LogP contribution < -0.4 is 4.74 Å². The molecule has 0 atom stereocenters. The Kier molecular flexibility index (Phi) is 7.43. The van der Waals surface area contributed by atoms with Crippen molar-refractivity contribution in [1.82, 2.24) is 14.5 Å². The van der Waals surface area contributed by atoms with Gasteiger partial charge in [-0.3, -0.25) is 0 Å². The second-order valence-corrected chi connectivity index (χ2v) is 15.0. The molecule has 0 N–H and O–H groups in total. The fourth-order valence-electron chi connectivity index (χ4n) is 7.02. The summed E-state index contributed by atoms with van der Waals surface area (Å²) in [5.41, 5.74) is 8.33. The zero-order valence-electron chi connectivity index (χ0n) is 28.8. The summed E-state index contributed by atoms with van der Waals surface area (Å²) in [6.07, 6.45) is 1.88. The molecule has 9 rings (SSSR count). The average molecular weight is 833 g/mol. The van der Waals surface area contributed by atoms with Crippen molar-refractivity contribution in [2.24, 2.45) is 0 Å². The molecule has 0 aliphatic heterocycles. The van der Waals surface area contributed by atoms with Crippen LogP contribution in [-0.2, 0) is 31.9 Å². The van der Waals surface area contributed by atoms with E-state index in [1.54, 1.807) is 0 Å². The molecule has 0 bridgehead atoms. The van der Waals surface area contributed by atoms with Gasteiger partial charge in [0.2, 0.25) is 5.88 Å². The van der Waals surface area contributed by atoms with Crippen LogP contribution in [0.5, 0.6) is 11.6 Å². The first kappa shape index (κ1) is 32.2. The summed E-state index contributed by atoms with van der Waals surface area (Å²) >= 11 is 0. The largest absolute Gasteiger partial charge is 2.00 e. The van der Waals surface area contributed by atoms with Gasteiger partial charge in [-0.1, -0.05) is 107 Å². The number of nitrogens with zero attached hydrogens (tertiary/aromatic N) is 3. The van der Waals surface area contributed by atoms with Gasteiger partial charge in [-0.05, 0) is 57.1 Å². The van der Waals surface area contributed by atoms with Crippen molar-refractivity contribution in [1.29, 1.82) is 0 Å². The standard InChI is InChI=1S/C44H35N3O2.Pt/c1-43(2,3)27-12-10-13-29(23-27)47-35-15-8-7-14-30(35)32-19-20-38(46-42(32)47)48-37-25-33(34-24-28(21-22-45-34)44(4,5)6)31-18-17-26-11-9-16-36-39(26)40(31)41(37)49-36;/h7-12,14-24H,1-6H3;/q-2;+2. The fraction of sp³-hybridized carbons (Fsp3) is 0.182. The van der Waals surface area contributed by atoms with E-state index in [-0.39, 0.29) is 31.9 Å². The Labute approximate surface area is 305 Å². The number of aromatic nitrogens is 3. The zero-order chi connectivity index (χ0) is 33.7. The maximum absolute atomic E-state index is 6.74. The van der Waals surface area contributed by atoms with Crippen LogP contribution in [0.1, 0.15) is 52.7 Å². The van der Waals surface area contributed by atoms with Crippen molar-refractivity contribution in [3.63, 3.8) is 0 Å². The number of hydrogen-bond donors (Lipinski definition) is 0. The summed E-state index contributed by atoms with van der Waals surface area (Å²) in [6.45, 7) is 13.3. The molecule has 0 amide bonds. The van der Waals surface area contributed by atoms with Gasteiger partial charge in [0.05, 0.1) is 16.8 Å². The first-order chi connectivity index (χ1) is 23.5. The topological polar surface area (TPSA) is 53.1 Å². The van der Waals surface area contributed by atoms with Gasteiger partial charge in [0, 0.05) is 28.4 Å². The molecule has 248 valence electrons.